The third kappa shape index (κ3) is 3.64. The molecule has 0 unspecified atom stereocenters. The van der Waals surface area contributed by atoms with E-state index in [9.17, 15) is 0 Å². The lowest BCUT2D eigenvalue weighted by atomic mass is 9.84. The van der Waals surface area contributed by atoms with Crippen molar-refractivity contribution in [1.82, 2.24) is 24.3 Å². The number of anilines is 1. The lowest BCUT2D eigenvalue weighted by Gasteiger charge is -2.41. The van der Waals surface area contributed by atoms with Gasteiger partial charge >= 0.3 is 0 Å². The Morgan fingerprint density at radius 1 is 0.833 bits per heavy atom. The molecule has 0 atom stereocenters. The highest BCUT2D eigenvalue weighted by Gasteiger charge is 2.31. The van der Waals surface area contributed by atoms with Crippen LogP contribution in [0.2, 0.25) is 0 Å². The van der Waals surface area contributed by atoms with E-state index in [-0.39, 0.29) is 0 Å². The monoisotopic (exact) mass is 474 g/mol. The highest BCUT2D eigenvalue weighted by Crippen LogP contribution is 2.39. The van der Waals surface area contributed by atoms with Crippen LogP contribution in [-0.2, 0) is 0 Å². The third-order valence-corrected chi connectivity index (χ3v) is 8.11. The molecular weight excluding hydrogens is 444 g/mol. The first kappa shape index (κ1) is 21.5. The summed E-state index contributed by atoms with van der Waals surface area (Å²) < 4.78 is 2.18. The number of fused-ring (bicyclic) bond motifs is 2. The molecule has 4 heterocycles. The van der Waals surface area contributed by atoms with Crippen LogP contribution >= 0.6 is 0 Å². The highest BCUT2D eigenvalue weighted by atomic mass is 15.2. The Kier molecular flexibility index (Phi) is 5.21. The molecule has 0 amide bonds. The second-order valence-corrected chi connectivity index (χ2v) is 10.2. The lowest BCUT2D eigenvalue weighted by molar-refractivity contribution is 0.0862. The molecule has 1 saturated carbocycles. The summed E-state index contributed by atoms with van der Waals surface area (Å²) in [4.78, 5) is 17.3. The molecule has 7 rings (SSSR count). The molecule has 2 fully saturated rings. The molecule has 2 aliphatic rings. The quantitative estimate of drug-likeness (QED) is 0.350. The fourth-order valence-electron chi connectivity index (χ4n) is 6.02. The number of likely N-dealkylation sites (tertiary alicyclic amines) is 1. The van der Waals surface area contributed by atoms with Gasteiger partial charge in [-0.25, -0.2) is 15.0 Å². The largest absolute Gasteiger partial charge is 0.382 e. The van der Waals surface area contributed by atoms with Gasteiger partial charge in [-0.1, -0.05) is 48.5 Å². The Hall–Kier alpha value is -3.77. The van der Waals surface area contributed by atoms with Gasteiger partial charge in [0.2, 0.25) is 0 Å². The van der Waals surface area contributed by atoms with Crippen molar-refractivity contribution >= 4 is 22.2 Å². The van der Waals surface area contributed by atoms with Crippen molar-refractivity contribution in [3.63, 3.8) is 0 Å². The maximum absolute atomic E-state index is 6.44. The summed E-state index contributed by atoms with van der Waals surface area (Å²) in [5, 5.41) is 1.11. The number of imidazole rings is 1. The van der Waals surface area contributed by atoms with E-state index in [0.717, 1.165) is 50.8 Å². The molecule has 2 aromatic carbocycles. The van der Waals surface area contributed by atoms with Crippen LogP contribution < -0.4 is 5.73 Å². The number of nitrogens with zero attached hydrogens (tertiary/aromatic N) is 5. The minimum atomic E-state index is 0.439. The number of hydrogen-bond donors (Lipinski definition) is 1. The Labute approximate surface area is 210 Å². The molecule has 3 aromatic heterocycles. The number of nitrogens with two attached hydrogens (primary N) is 1. The van der Waals surface area contributed by atoms with Gasteiger partial charge in [0.1, 0.15) is 22.9 Å². The highest BCUT2D eigenvalue weighted by molar-refractivity contribution is 5.91. The van der Waals surface area contributed by atoms with Crippen molar-refractivity contribution < 1.29 is 0 Å². The molecular formula is C30H30N6. The molecule has 6 nitrogen and oxygen atoms in total. The summed E-state index contributed by atoms with van der Waals surface area (Å²) in [6.45, 7) is 2.55. The molecule has 36 heavy (non-hydrogen) atoms. The van der Waals surface area contributed by atoms with Crippen molar-refractivity contribution in [2.45, 2.75) is 44.1 Å². The molecule has 0 spiro atoms. The summed E-state index contributed by atoms with van der Waals surface area (Å²) in [5.74, 6) is 2.07. The molecule has 0 bridgehead atoms. The first-order valence-corrected chi connectivity index (χ1v) is 13.1. The summed E-state index contributed by atoms with van der Waals surface area (Å²) >= 11 is 0. The Bertz CT molecular complexity index is 1540. The van der Waals surface area contributed by atoms with Crippen LogP contribution in [0.4, 0.5) is 5.82 Å². The average Bonchev–Trinajstić information content (AvgIpc) is 3.29. The smallest absolute Gasteiger partial charge is 0.150 e. The van der Waals surface area contributed by atoms with Gasteiger partial charge in [-0.15, -0.1) is 0 Å². The standard InChI is InChI=1S/C30H30N6/c31-29-28-27(23-8-7-21-11-14-25(33-26(21)19-23)20-5-2-1-3-6-20)34-30(36(28)18-15-32-29)22-9-12-24(13-10-22)35-16-4-17-35/h1-3,5-8,11,14-15,18-19,22,24H,4,9-10,12-13,16-17H2,(H2,31,32). The van der Waals surface area contributed by atoms with Crippen LogP contribution in [0.15, 0.2) is 73.1 Å². The van der Waals surface area contributed by atoms with Crippen LogP contribution in [0.5, 0.6) is 0 Å². The predicted octanol–water partition coefficient (Wildman–Crippen LogP) is 5.93. The van der Waals surface area contributed by atoms with E-state index in [1.54, 1.807) is 6.20 Å². The zero-order chi connectivity index (χ0) is 24.1. The normalized spacial score (nSPS) is 20.6. The molecule has 1 aliphatic carbocycles. The van der Waals surface area contributed by atoms with E-state index in [0.29, 0.717) is 11.7 Å². The van der Waals surface area contributed by atoms with Gasteiger partial charge < -0.3 is 10.6 Å². The van der Waals surface area contributed by atoms with E-state index < -0.39 is 0 Å². The van der Waals surface area contributed by atoms with Crippen molar-refractivity contribution in [2.24, 2.45) is 0 Å². The zero-order valence-corrected chi connectivity index (χ0v) is 20.3. The zero-order valence-electron chi connectivity index (χ0n) is 20.3. The molecule has 5 aromatic rings. The Balaban J connectivity index is 1.28. The van der Waals surface area contributed by atoms with E-state index >= 15 is 0 Å². The maximum Gasteiger partial charge on any atom is 0.150 e. The number of hydrogen-bond acceptors (Lipinski definition) is 5. The van der Waals surface area contributed by atoms with E-state index in [4.69, 9.17) is 15.7 Å². The summed E-state index contributed by atoms with van der Waals surface area (Å²) in [6, 6.07) is 21.7. The van der Waals surface area contributed by atoms with Crippen LogP contribution in [-0.4, -0.2) is 43.4 Å². The fourth-order valence-corrected chi connectivity index (χ4v) is 6.02. The van der Waals surface area contributed by atoms with Crippen LogP contribution in [0.1, 0.15) is 43.8 Å². The van der Waals surface area contributed by atoms with E-state index in [2.05, 4.69) is 56.7 Å². The average molecular weight is 475 g/mol. The van der Waals surface area contributed by atoms with Gasteiger partial charge in [0, 0.05) is 40.9 Å². The SMILES string of the molecule is Nc1nccn2c(C3CCC(N4CCC4)CC3)nc(-c3ccc4ccc(-c5ccccc5)nc4c3)c12. The maximum atomic E-state index is 6.44. The third-order valence-electron chi connectivity index (χ3n) is 8.11. The molecule has 6 heteroatoms. The summed E-state index contributed by atoms with van der Waals surface area (Å²) in [7, 11) is 0. The minimum absolute atomic E-state index is 0.439. The van der Waals surface area contributed by atoms with Gasteiger partial charge in [-0.05, 0) is 57.3 Å². The van der Waals surface area contributed by atoms with Crippen LogP contribution in [0.25, 0.3) is 38.9 Å². The Morgan fingerprint density at radius 3 is 2.42 bits per heavy atom. The predicted molar refractivity (Wildman–Crippen MR) is 145 cm³/mol. The van der Waals surface area contributed by atoms with Gasteiger partial charge in [0.05, 0.1) is 11.2 Å². The van der Waals surface area contributed by atoms with Crippen LogP contribution in [0, 0.1) is 0 Å². The first-order valence-electron chi connectivity index (χ1n) is 13.1. The number of pyridine rings is 1. The van der Waals surface area contributed by atoms with Crippen molar-refractivity contribution in [2.75, 3.05) is 18.8 Å². The molecule has 1 aliphatic heterocycles. The topological polar surface area (TPSA) is 72.3 Å². The number of rotatable bonds is 4. The van der Waals surface area contributed by atoms with Gasteiger partial charge in [0.15, 0.2) is 0 Å². The minimum Gasteiger partial charge on any atom is -0.382 e. The molecule has 180 valence electrons. The number of aromatic nitrogens is 4. The van der Waals surface area contributed by atoms with Gasteiger partial charge in [0.25, 0.3) is 0 Å². The number of benzene rings is 2. The molecule has 0 radical (unpaired) electrons. The van der Waals surface area contributed by atoms with Crippen molar-refractivity contribution in [3.05, 3.63) is 78.9 Å². The molecule has 2 N–H and O–H groups in total. The second-order valence-electron chi connectivity index (χ2n) is 10.2. The number of nitrogen functional groups attached to an aromatic ring is 1. The first-order chi connectivity index (χ1) is 17.7. The second kappa shape index (κ2) is 8.71. The summed E-state index contributed by atoms with van der Waals surface area (Å²) in [6.07, 6.45) is 10.00. The van der Waals surface area contributed by atoms with E-state index in [1.807, 2.05) is 24.4 Å². The van der Waals surface area contributed by atoms with Gasteiger partial charge in [-0.2, -0.15) is 0 Å². The van der Waals surface area contributed by atoms with E-state index in [1.165, 1.54) is 45.2 Å². The van der Waals surface area contributed by atoms with Crippen molar-refractivity contribution in [1.29, 1.82) is 0 Å². The fraction of sp³-hybridized carbons (Fsp3) is 0.300. The summed E-state index contributed by atoms with van der Waals surface area (Å²) in [5.41, 5.74) is 12.3. The van der Waals surface area contributed by atoms with Gasteiger partial charge in [-0.3, -0.25) is 4.40 Å². The lowest BCUT2D eigenvalue weighted by Crippen LogP contribution is -2.46. The van der Waals surface area contributed by atoms with Crippen LogP contribution in [0.3, 0.4) is 0 Å². The van der Waals surface area contributed by atoms with Crippen molar-refractivity contribution in [3.8, 4) is 22.5 Å². The molecule has 1 saturated heterocycles. The Morgan fingerprint density at radius 2 is 1.64 bits per heavy atom.